The van der Waals surface area contributed by atoms with Crippen molar-refractivity contribution in [2.24, 2.45) is 23.7 Å². The number of esters is 1. The summed E-state index contributed by atoms with van der Waals surface area (Å²) >= 11 is 0. The van der Waals surface area contributed by atoms with Crippen LogP contribution in [0.2, 0.25) is 0 Å². The molecule has 0 aromatic carbocycles. The van der Waals surface area contributed by atoms with E-state index in [-0.39, 0.29) is 36.1 Å². The second kappa shape index (κ2) is 11.5. The van der Waals surface area contributed by atoms with E-state index in [2.05, 4.69) is 0 Å². The van der Waals surface area contributed by atoms with E-state index in [0.29, 0.717) is 19.3 Å². The summed E-state index contributed by atoms with van der Waals surface area (Å²) in [7, 11) is 0. The third-order valence-electron chi connectivity index (χ3n) is 5.98. The van der Waals surface area contributed by atoms with E-state index >= 15 is 0 Å². The standard InChI is InChI=1S/C23H38O5/c1-7-18-12-15(4)19(24)10-9-14(3)11-16(5)21(8-2)28-22(26)13-20(25)17(6)23(18)27/h9-11,15-18,20-21,23,25,27H,7-8,12-13H2,1-6H3/b10-9+,14-11+/t15-,16+,17+,18?,20-,21-,23-/m1/s1. The first-order valence-corrected chi connectivity index (χ1v) is 10.6. The summed E-state index contributed by atoms with van der Waals surface area (Å²) < 4.78 is 5.59. The van der Waals surface area contributed by atoms with Gasteiger partial charge in [0.05, 0.1) is 18.6 Å². The van der Waals surface area contributed by atoms with Crippen molar-refractivity contribution in [3.8, 4) is 0 Å². The number of aliphatic hydroxyl groups is 2. The van der Waals surface area contributed by atoms with E-state index in [0.717, 1.165) is 5.57 Å². The maximum atomic E-state index is 12.5. The molecular formula is C23H38O5. The molecule has 28 heavy (non-hydrogen) atoms. The highest BCUT2D eigenvalue weighted by molar-refractivity contribution is 5.91. The van der Waals surface area contributed by atoms with Gasteiger partial charge in [-0.15, -0.1) is 0 Å². The Morgan fingerprint density at radius 1 is 1.07 bits per heavy atom. The van der Waals surface area contributed by atoms with Crippen molar-refractivity contribution in [3.63, 3.8) is 0 Å². The van der Waals surface area contributed by atoms with Gasteiger partial charge in [0.1, 0.15) is 6.10 Å². The number of allylic oxidation sites excluding steroid dienone is 3. The molecule has 5 nitrogen and oxygen atoms in total. The van der Waals surface area contributed by atoms with Gasteiger partial charge >= 0.3 is 5.97 Å². The van der Waals surface area contributed by atoms with E-state index in [4.69, 9.17) is 4.74 Å². The van der Waals surface area contributed by atoms with Crippen molar-refractivity contribution in [2.45, 2.75) is 85.5 Å². The first kappa shape index (κ1) is 24.6. The summed E-state index contributed by atoms with van der Waals surface area (Å²) in [6, 6.07) is 0. The number of ketones is 1. The Labute approximate surface area is 169 Å². The largest absolute Gasteiger partial charge is 0.462 e. The Morgan fingerprint density at radius 3 is 2.29 bits per heavy atom. The number of rotatable bonds is 2. The number of hydrogen-bond acceptors (Lipinski definition) is 5. The summed E-state index contributed by atoms with van der Waals surface area (Å²) in [4.78, 5) is 24.8. The molecule has 1 aliphatic rings. The topological polar surface area (TPSA) is 83.8 Å². The monoisotopic (exact) mass is 394 g/mol. The average Bonchev–Trinajstić information content (AvgIpc) is 2.65. The zero-order valence-corrected chi connectivity index (χ0v) is 18.2. The van der Waals surface area contributed by atoms with E-state index in [9.17, 15) is 19.8 Å². The smallest absolute Gasteiger partial charge is 0.308 e. The lowest BCUT2D eigenvalue weighted by atomic mass is 9.80. The van der Waals surface area contributed by atoms with E-state index in [1.54, 1.807) is 19.1 Å². The van der Waals surface area contributed by atoms with Crippen LogP contribution in [0.1, 0.15) is 67.2 Å². The second-order valence-corrected chi connectivity index (χ2v) is 8.37. The molecule has 1 heterocycles. The molecule has 0 aliphatic carbocycles. The first-order chi connectivity index (χ1) is 13.1. The molecule has 0 saturated carbocycles. The first-order valence-electron chi connectivity index (χ1n) is 10.6. The van der Waals surface area contributed by atoms with Gasteiger partial charge in [-0.1, -0.05) is 58.8 Å². The van der Waals surface area contributed by atoms with Crippen molar-refractivity contribution in [1.29, 1.82) is 0 Å². The lowest BCUT2D eigenvalue weighted by molar-refractivity contribution is -0.154. The number of cyclic esters (lactones) is 1. The highest BCUT2D eigenvalue weighted by Crippen LogP contribution is 2.28. The third-order valence-corrected chi connectivity index (χ3v) is 5.98. The molecular weight excluding hydrogens is 356 g/mol. The quantitative estimate of drug-likeness (QED) is 0.696. The van der Waals surface area contributed by atoms with Gasteiger partial charge in [-0.05, 0) is 31.8 Å². The molecule has 7 atom stereocenters. The van der Waals surface area contributed by atoms with Crippen molar-refractivity contribution in [3.05, 3.63) is 23.8 Å². The van der Waals surface area contributed by atoms with Crippen LogP contribution in [0.5, 0.6) is 0 Å². The SMILES string of the molecule is CCC1C[C@@H](C)C(=O)/C=C/C(C)=C/[C@H](C)[C@@H](CC)OC(=O)C[C@@H](O)[C@H](C)[C@H]1O. The number of carbonyl (C=O) groups excluding carboxylic acids is 2. The lowest BCUT2D eigenvalue weighted by Gasteiger charge is -2.31. The molecule has 0 spiro atoms. The van der Waals surface area contributed by atoms with Gasteiger partial charge in [0.15, 0.2) is 5.78 Å². The molecule has 0 aromatic heterocycles. The molecule has 0 aromatic rings. The zero-order chi connectivity index (χ0) is 21.4. The minimum atomic E-state index is -0.986. The van der Waals surface area contributed by atoms with Crippen LogP contribution in [0.15, 0.2) is 23.8 Å². The van der Waals surface area contributed by atoms with Crippen molar-refractivity contribution >= 4 is 11.8 Å². The molecule has 0 radical (unpaired) electrons. The Kier molecular flexibility index (Phi) is 10.1. The molecule has 1 rings (SSSR count). The predicted molar refractivity (Wildman–Crippen MR) is 111 cm³/mol. The van der Waals surface area contributed by atoms with Crippen LogP contribution in [0.25, 0.3) is 0 Å². The fraction of sp³-hybridized carbons (Fsp3) is 0.739. The molecule has 0 fully saturated rings. The van der Waals surface area contributed by atoms with Gasteiger partial charge in [-0.25, -0.2) is 0 Å². The Morgan fingerprint density at radius 2 is 1.71 bits per heavy atom. The van der Waals surface area contributed by atoms with Gasteiger partial charge < -0.3 is 14.9 Å². The third kappa shape index (κ3) is 7.17. The van der Waals surface area contributed by atoms with E-state index in [1.807, 2.05) is 40.7 Å². The maximum absolute atomic E-state index is 12.5. The number of aliphatic hydroxyl groups excluding tert-OH is 2. The highest BCUT2D eigenvalue weighted by atomic mass is 16.5. The number of ether oxygens (including phenoxy) is 1. The average molecular weight is 395 g/mol. The van der Waals surface area contributed by atoms with Crippen molar-refractivity contribution in [1.82, 2.24) is 0 Å². The Balaban J connectivity index is 3.18. The van der Waals surface area contributed by atoms with Crippen LogP contribution >= 0.6 is 0 Å². The van der Waals surface area contributed by atoms with Crippen molar-refractivity contribution in [2.75, 3.05) is 0 Å². The van der Waals surface area contributed by atoms with Crippen LogP contribution in [0, 0.1) is 23.7 Å². The number of hydrogen-bond donors (Lipinski definition) is 2. The van der Waals surface area contributed by atoms with E-state index in [1.165, 1.54) is 0 Å². The van der Waals surface area contributed by atoms with Gasteiger partial charge in [0.25, 0.3) is 0 Å². The number of carbonyl (C=O) groups is 2. The minimum Gasteiger partial charge on any atom is -0.462 e. The summed E-state index contributed by atoms with van der Waals surface area (Å²) in [5, 5.41) is 21.2. The molecule has 1 aliphatic heterocycles. The Hall–Kier alpha value is -1.46. The molecule has 0 saturated heterocycles. The van der Waals surface area contributed by atoms with Crippen LogP contribution in [-0.2, 0) is 14.3 Å². The van der Waals surface area contributed by atoms with E-state index < -0.39 is 24.1 Å². The Bertz CT molecular complexity index is 580. The lowest BCUT2D eigenvalue weighted by Crippen LogP contribution is -2.38. The fourth-order valence-corrected chi connectivity index (χ4v) is 3.87. The van der Waals surface area contributed by atoms with Crippen LogP contribution in [0.4, 0.5) is 0 Å². The summed E-state index contributed by atoms with van der Waals surface area (Å²) in [6.45, 7) is 11.4. The molecule has 160 valence electrons. The molecule has 0 amide bonds. The van der Waals surface area contributed by atoms with Gasteiger partial charge in [-0.3, -0.25) is 9.59 Å². The van der Waals surface area contributed by atoms with Crippen LogP contribution < -0.4 is 0 Å². The normalized spacial score (nSPS) is 39.7. The zero-order valence-electron chi connectivity index (χ0n) is 18.2. The fourth-order valence-electron chi connectivity index (χ4n) is 3.87. The minimum absolute atomic E-state index is 0.0105. The highest BCUT2D eigenvalue weighted by Gasteiger charge is 2.32. The summed E-state index contributed by atoms with van der Waals surface area (Å²) in [5.74, 6) is -1.25. The molecule has 2 N–H and O–H groups in total. The second-order valence-electron chi connectivity index (χ2n) is 8.37. The summed E-state index contributed by atoms with van der Waals surface area (Å²) in [6.07, 6.45) is 5.07. The summed E-state index contributed by atoms with van der Waals surface area (Å²) in [5.41, 5.74) is 0.940. The van der Waals surface area contributed by atoms with Gasteiger partial charge in [0, 0.05) is 17.8 Å². The van der Waals surface area contributed by atoms with Crippen LogP contribution in [-0.4, -0.2) is 40.3 Å². The molecule has 5 heteroatoms. The predicted octanol–water partition coefficient (Wildman–Crippen LogP) is 3.83. The van der Waals surface area contributed by atoms with Gasteiger partial charge in [-0.2, -0.15) is 0 Å². The van der Waals surface area contributed by atoms with Crippen LogP contribution in [0.3, 0.4) is 0 Å². The molecule has 1 unspecified atom stereocenters. The van der Waals surface area contributed by atoms with Gasteiger partial charge in [0.2, 0.25) is 0 Å². The van der Waals surface area contributed by atoms with Crippen molar-refractivity contribution < 1.29 is 24.5 Å². The molecule has 0 bridgehead atoms. The maximum Gasteiger partial charge on any atom is 0.308 e.